The molecule has 1 fully saturated rings. The molecule has 0 aromatic heterocycles. The van der Waals surface area contributed by atoms with Crippen molar-refractivity contribution in [3.63, 3.8) is 0 Å². The summed E-state index contributed by atoms with van der Waals surface area (Å²) in [5.41, 5.74) is 0.392. The van der Waals surface area contributed by atoms with Gasteiger partial charge in [-0.1, -0.05) is 40.9 Å². The van der Waals surface area contributed by atoms with Crippen LogP contribution in [0.15, 0.2) is 29.3 Å². The first-order valence-corrected chi connectivity index (χ1v) is 8.95. The van der Waals surface area contributed by atoms with Crippen LogP contribution in [-0.2, 0) is 14.4 Å². The predicted molar refractivity (Wildman–Crippen MR) is 96.6 cm³/mol. The van der Waals surface area contributed by atoms with Crippen LogP contribution in [0.3, 0.4) is 0 Å². The van der Waals surface area contributed by atoms with Gasteiger partial charge in [-0.2, -0.15) is 0 Å². The number of anilines is 1. The summed E-state index contributed by atoms with van der Waals surface area (Å²) in [6.45, 7) is 0.0340. The lowest BCUT2D eigenvalue weighted by molar-refractivity contribution is -0.140. The number of fused-ring (bicyclic) bond motifs is 1. The summed E-state index contributed by atoms with van der Waals surface area (Å²) in [6, 6.07) is 4.73. The van der Waals surface area contributed by atoms with E-state index in [0.29, 0.717) is 33.6 Å². The molecule has 25 heavy (non-hydrogen) atoms. The lowest BCUT2D eigenvalue weighted by Crippen LogP contribution is -2.34. The number of benzene rings is 1. The van der Waals surface area contributed by atoms with Crippen LogP contribution in [0.5, 0.6) is 0 Å². The highest BCUT2D eigenvalue weighted by atomic mass is 35.5. The third kappa shape index (κ3) is 3.84. The van der Waals surface area contributed by atoms with Crippen molar-refractivity contribution in [2.24, 2.45) is 11.8 Å². The first kappa shape index (κ1) is 18.2. The minimum absolute atomic E-state index is 0.0130. The number of likely N-dealkylation sites (tertiary alicyclic amines) is 1. The molecule has 0 unspecified atom stereocenters. The van der Waals surface area contributed by atoms with Gasteiger partial charge in [0.2, 0.25) is 17.7 Å². The molecular formula is C17H15Cl3N2O3. The zero-order chi connectivity index (χ0) is 18.1. The van der Waals surface area contributed by atoms with Crippen molar-refractivity contribution in [2.45, 2.75) is 19.3 Å². The number of rotatable bonds is 4. The van der Waals surface area contributed by atoms with Gasteiger partial charge in [0.15, 0.2) is 0 Å². The summed E-state index contributed by atoms with van der Waals surface area (Å²) in [5.74, 6) is -1.61. The molecule has 8 heteroatoms. The van der Waals surface area contributed by atoms with E-state index in [9.17, 15) is 14.4 Å². The topological polar surface area (TPSA) is 66.5 Å². The van der Waals surface area contributed by atoms with Gasteiger partial charge < -0.3 is 5.32 Å². The van der Waals surface area contributed by atoms with E-state index < -0.39 is 5.92 Å². The van der Waals surface area contributed by atoms with Crippen molar-refractivity contribution in [1.29, 1.82) is 0 Å². The van der Waals surface area contributed by atoms with Gasteiger partial charge in [0.1, 0.15) is 0 Å². The van der Waals surface area contributed by atoms with E-state index in [1.165, 1.54) is 6.07 Å². The SMILES string of the molecule is O=C(CCN1C(=O)[C@@H]2CC=C(Cl)C[C@H]2C1=O)Nc1cc(Cl)ccc1Cl. The number of hydrogen-bond donors (Lipinski definition) is 1. The Bertz CT molecular complexity index is 778. The van der Waals surface area contributed by atoms with Crippen LogP contribution < -0.4 is 5.32 Å². The van der Waals surface area contributed by atoms with Crippen LogP contribution in [-0.4, -0.2) is 29.2 Å². The number of nitrogens with zero attached hydrogens (tertiary/aromatic N) is 1. The van der Waals surface area contributed by atoms with Crippen LogP contribution in [0.2, 0.25) is 10.0 Å². The van der Waals surface area contributed by atoms with Gasteiger partial charge in [0.25, 0.3) is 0 Å². The van der Waals surface area contributed by atoms with Gasteiger partial charge in [0, 0.05) is 23.0 Å². The fourth-order valence-electron chi connectivity index (χ4n) is 3.14. The molecule has 132 valence electrons. The van der Waals surface area contributed by atoms with E-state index in [-0.39, 0.29) is 36.6 Å². The van der Waals surface area contributed by atoms with Gasteiger partial charge >= 0.3 is 0 Å². The Balaban J connectivity index is 1.60. The second kappa shape index (κ2) is 7.36. The predicted octanol–water partition coefficient (Wildman–Crippen LogP) is 3.84. The second-order valence-electron chi connectivity index (χ2n) is 6.05. The Labute approximate surface area is 159 Å². The Morgan fingerprint density at radius 2 is 1.88 bits per heavy atom. The molecular weight excluding hydrogens is 387 g/mol. The fraction of sp³-hybridized carbons (Fsp3) is 0.353. The molecule has 2 aliphatic rings. The highest BCUT2D eigenvalue weighted by molar-refractivity contribution is 6.35. The summed E-state index contributed by atoms with van der Waals surface area (Å²) >= 11 is 17.9. The average Bonchev–Trinajstić information content (AvgIpc) is 2.80. The van der Waals surface area contributed by atoms with Crippen molar-refractivity contribution in [1.82, 2.24) is 4.90 Å². The van der Waals surface area contributed by atoms with Crippen molar-refractivity contribution in [3.05, 3.63) is 39.4 Å². The van der Waals surface area contributed by atoms with E-state index in [1.807, 2.05) is 0 Å². The van der Waals surface area contributed by atoms with Crippen molar-refractivity contribution in [3.8, 4) is 0 Å². The maximum Gasteiger partial charge on any atom is 0.233 e. The van der Waals surface area contributed by atoms with Gasteiger partial charge in [-0.3, -0.25) is 19.3 Å². The van der Waals surface area contributed by atoms with Crippen LogP contribution >= 0.6 is 34.8 Å². The molecule has 3 amide bonds. The van der Waals surface area contributed by atoms with Crippen LogP contribution in [0.4, 0.5) is 5.69 Å². The van der Waals surface area contributed by atoms with Crippen LogP contribution in [0.25, 0.3) is 0 Å². The molecule has 1 heterocycles. The number of halogens is 3. The Kier molecular flexibility index (Phi) is 5.37. The number of nitrogens with one attached hydrogen (secondary N) is 1. The third-order valence-electron chi connectivity index (χ3n) is 4.43. The summed E-state index contributed by atoms with van der Waals surface area (Å²) in [6.07, 6.45) is 2.62. The average molecular weight is 402 g/mol. The van der Waals surface area contributed by atoms with E-state index in [4.69, 9.17) is 34.8 Å². The van der Waals surface area contributed by atoms with Crippen molar-refractivity contribution >= 4 is 58.2 Å². The normalized spacial score (nSPS) is 22.7. The molecule has 5 nitrogen and oxygen atoms in total. The maximum absolute atomic E-state index is 12.4. The van der Waals surface area contributed by atoms with Gasteiger partial charge in [-0.15, -0.1) is 0 Å². The van der Waals surface area contributed by atoms with Gasteiger partial charge in [-0.05, 0) is 31.0 Å². The lowest BCUT2D eigenvalue weighted by atomic mass is 9.85. The zero-order valence-electron chi connectivity index (χ0n) is 13.1. The minimum atomic E-state index is -0.407. The van der Waals surface area contributed by atoms with Crippen molar-refractivity contribution in [2.75, 3.05) is 11.9 Å². The van der Waals surface area contributed by atoms with Crippen molar-refractivity contribution < 1.29 is 14.4 Å². The van der Waals surface area contributed by atoms with E-state index in [2.05, 4.69) is 5.32 Å². The monoisotopic (exact) mass is 400 g/mol. The molecule has 2 atom stereocenters. The molecule has 1 aliphatic carbocycles. The van der Waals surface area contributed by atoms with Crippen LogP contribution in [0, 0.1) is 11.8 Å². The standard InChI is InChI=1S/C17H15Cl3N2O3/c18-9-1-3-11-12(7-9)17(25)22(16(11)24)6-5-15(23)21-14-8-10(19)2-4-13(14)20/h1-2,4,8,11-12H,3,5-7H2,(H,21,23)/t11-,12-/m1/s1. The smallest absolute Gasteiger partial charge is 0.233 e. The first-order chi connectivity index (χ1) is 11.9. The van der Waals surface area contributed by atoms with Gasteiger partial charge in [-0.25, -0.2) is 0 Å². The molecule has 0 radical (unpaired) electrons. The second-order valence-corrected chi connectivity index (χ2v) is 7.38. The van der Waals surface area contributed by atoms with Gasteiger partial charge in [0.05, 0.1) is 22.5 Å². The number of imide groups is 1. The van der Waals surface area contributed by atoms with E-state index in [0.717, 1.165) is 4.90 Å². The minimum Gasteiger partial charge on any atom is -0.325 e. The number of allylic oxidation sites excluding steroid dienone is 2. The summed E-state index contributed by atoms with van der Waals surface area (Å²) in [5, 5.41) is 4.05. The molecule has 3 rings (SSSR count). The lowest BCUT2D eigenvalue weighted by Gasteiger charge is -2.17. The summed E-state index contributed by atoms with van der Waals surface area (Å²) < 4.78 is 0. The van der Waals surface area contributed by atoms with Crippen LogP contribution in [0.1, 0.15) is 19.3 Å². The Hall–Kier alpha value is -1.56. The zero-order valence-corrected chi connectivity index (χ0v) is 15.4. The highest BCUT2D eigenvalue weighted by Crippen LogP contribution is 2.38. The largest absolute Gasteiger partial charge is 0.325 e. The quantitative estimate of drug-likeness (QED) is 0.780. The summed E-state index contributed by atoms with van der Waals surface area (Å²) in [4.78, 5) is 38.1. The van der Waals surface area contributed by atoms with E-state index >= 15 is 0 Å². The molecule has 1 aromatic carbocycles. The number of carbonyl (C=O) groups is 3. The molecule has 1 saturated heterocycles. The molecule has 0 spiro atoms. The first-order valence-electron chi connectivity index (χ1n) is 7.81. The molecule has 1 aromatic rings. The maximum atomic E-state index is 12.4. The number of hydrogen-bond acceptors (Lipinski definition) is 3. The Morgan fingerprint density at radius 3 is 2.64 bits per heavy atom. The molecule has 1 N–H and O–H groups in total. The fourth-order valence-corrected chi connectivity index (χ4v) is 3.73. The summed E-state index contributed by atoms with van der Waals surface area (Å²) in [7, 11) is 0. The number of amides is 3. The third-order valence-corrected chi connectivity index (χ3v) is 5.30. The molecule has 0 bridgehead atoms. The van der Waals surface area contributed by atoms with E-state index in [1.54, 1.807) is 18.2 Å². The Morgan fingerprint density at radius 1 is 1.16 bits per heavy atom. The highest BCUT2D eigenvalue weighted by Gasteiger charge is 2.48. The molecule has 0 saturated carbocycles. The number of carbonyl (C=O) groups excluding carboxylic acids is 3. The molecule has 1 aliphatic heterocycles.